The van der Waals surface area contributed by atoms with Gasteiger partial charge in [-0.3, -0.25) is 9.89 Å². The van der Waals surface area contributed by atoms with Gasteiger partial charge in [0, 0.05) is 52.1 Å². The van der Waals surface area contributed by atoms with E-state index in [9.17, 15) is 0 Å². The average Bonchev–Trinajstić information content (AvgIpc) is 3.02. The van der Waals surface area contributed by atoms with Gasteiger partial charge in [-0.1, -0.05) is 36.8 Å². The number of aliphatic imine (C=N–C) groups is 1. The van der Waals surface area contributed by atoms with Crippen LogP contribution in [-0.4, -0.2) is 58.3 Å². The highest BCUT2D eigenvalue weighted by molar-refractivity contribution is 14.0. The van der Waals surface area contributed by atoms with E-state index < -0.39 is 0 Å². The third-order valence-corrected chi connectivity index (χ3v) is 6.37. The fourth-order valence-corrected chi connectivity index (χ4v) is 4.73. The monoisotopic (exact) mass is 551 g/mol. The molecule has 1 saturated heterocycles. The van der Waals surface area contributed by atoms with Gasteiger partial charge >= 0.3 is 0 Å². The first kappa shape index (κ1) is 25.0. The Kier molecular flexibility index (Phi) is 10.2. The van der Waals surface area contributed by atoms with Gasteiger partial charge in [-0.25, -0.2) is 0 Å². The molecule has 0 spiro atoms. The number of aromatic nitrogens is 3. The van der Waals surface area contributed by atoms with Crippen LogP contribution in [0.4, 0.5) is 0 Å². The minimum absolute atomic E-state index is 0. The molecule has 1 atom stereocenters. The molecule has 0 aliphatic carbocycles. The highest BCUT2D eigenvalue weighted by atomic mass is 127. The van der Waals surface area contributed by atoms with E-state index in [1.165, 1.54) is 50.0 Å². The van der Waals surface area contributed by atoms with E-state index >= 15 is 0 Å². The number of hydrogen-bond donors (Lipinski definition) is 2. The summed E-state index contributed by atoms with van der Waals surface area (Å²) in [5, 5.41) is 16.0. The van der Waals surface area contributed by atoms with Crippen molar-refractivity contribution in [2.24, 2.45) is 4.99 Å². The molecule has 0 saturated carbocycles. The SMILES string of the molecule is CN=C(NCCCc1nnc2n1CCCCC2)NC1CCCN(Cc2ccccc2)C1.I. The normalized spacial score (nSPS) is 19.5. The maximum atomic E-state index is 4.45. The van der Waals surface area contributed by atoms with Crippen molar-refractivity contribution in [1.29, 1.82) is 0 Å². The largest absolute Gasteiger partial charge is 0.356 e. The summed E-state index contributed by atoms with van der Waals surface area (Å²) in [5.74, 6) is 3.23. The van der Waals surface area contributed by atoms with Gasteiger partial charge in [0.25, 0.3) is 0 Å². The third-order valence-electron chi connectivity index (χ3n) is 6.37. The second kappa shape index (κ2) is 13.1. The molecule has 0 bridgehead atoms. The van der Waals surface area contributed by atoms with Crippen molar-refractivity contribution < 1.29 is 0 Å². The molecule has 1 fully saturated rings. The van der Waals surface area contributed by atoms with Crippen LogP contribution in [0.25, 0.3) is 0 Å². The molecule has 2 N–H and O–H groups in total. The highest BCUT2D eigenvalue weighted by Crippen LogP contribution is 2.15. The van der Waals surface area contributed by atoms with E-state index in [1.807, 2.05) is 7.05 Å². The second-order valence-electron chi connectivity index (χ2n) is 8.80. The fourth-order valence-electron chi connectivity index (χ4n) is 4.73. The lowest BCUT2D eigenvalue weighted by Gasteiger charge is -2.34. The van der Waals surface area contributed by atoms with Crippen molar-refractivity contribution in [3.05, 3.63) is 47.5 Å². The van der Waals surface area contributed by atoms with E-state index in [0.717, 1.165) is 57.2 Å². The Morgan fingerprint density at radius 3 is 2.81 bits per heavy atom. The van der Waals surface area contributed by atoms with Crippen LogP contribution in [-0.2, 0) is 25.9 Å². The Balaban J connectivity index is 0.00000289. The van der Waals surface area contributed by atoms with Gasteiger partial charge in [-0.2, -0.15) is 0 Å². The van der Waals surface area contributed by atoms with Gasteiger partial charge in [0.05, 0.1) is 0 Å². The summed E-state index contributed by atoms with van der Waals surface area (Å²) in [7, 11) is 1.86. The predicted octanol–water partition coefficient (Wildman–Crippen LogP) is 3.38. The second-order valence-corrected chi connectivity index (χ2v) is 8.80. The van der Waals surface area contributed by atoms with Crippen LogP contribution in [0, 0.1) is 0 Å². The smallest absolute Gasteiger partial charge is 0.191 e. The number of nitrogens with one attached hydrogen (secondary N) is 2. The molecule has 1 aromatic heterocycles. The molecule has 8 heteroatoms. The average molecular weight is 552 g/mol. The predicted molar refractivity (Wildman–Crippen MR) is 141 cm³/mol. The Bertz CT molecular complexity index is 836. The maximum absolute atomic E-state index is 4.45. The van der Waals surface area contributed by atoms with Gasteiger partial charge < -0.3 is 15.2 Å². The number of hydrogen-bond acceptors (Lipinski definition) is 4. The van der Waals surface area contributed by atoms with Crippen LogP contribution in [0.1, 0.15) is 55.7 Å². The maximum Gasteiger partial charge on any atom is 0.191 e. The van der Waals surface area contributed by atoms with E-state index in [0.29, 0.717) is 6.04 Å². The van der Waals surface area contributed by atoms with Crippen molar-refractivity contribution in [1.82, 2.24) is 30.3 Å². The number of benzene rings is 1. The Hall–Kier alpha value is -1.68. The van der Waals surface area contributed by atoms with Crippen LogP contribution in [0.3, 0.4) is 0 Å². The summed E-state index contributed by atoms with van der Waals surface area (Å²) in [6.07, 6.45) is 9.27. The molecule has 3 heterocycles. The van der Waals surface area contributed by atoms with Gasteiger partial charge in [-0.05, 0) is 44.2 Å². The number of piperidine rings is 1. The van der Waals surface area contributed by atoms with Crippen LogP contribution in [0.15, 0.2) is 35.3 Å². The van der Waals surface area contributed by atoms with Crippen LogP contribution in [0.5, 0.6) is 0 Å². The summed E-state index contributed by atoms with van der Waals surface area (Å²) < 4.78 is 2.35. The molecule has 32 heavy (non-hydrogen) atoms. The molecule has 2 aliphatic heterocycles. The lowest BCUT2D eigenvalue weighted by molar-refractivity contribution is 0.192. The number of halogens is 1. The standard InChI is InChI=1S/C24H37N7.HI/c1-25-24(26-15-8-14-23-29-28-22-13-6-3-7-17-31(22)23)27-21-12-9-16-30(19-21)18-20-10-4-2-5-11-20;/h2,4-5,10-11,21H,3,6-9,12-19H2,1H3,(H2,25,26,27);1H. The minimum Gasteiger partial charge on any atom is -0.356 e. The Morgan fingerprint density at radius 2 is 1.97 bits per heavy atom. The third kappa shape index (κ3) is 7.16. The van der Waals surface area contributed by atoms with Crippen molar-refractivity contribution in [2.45, 2.75) is 70.5 Å². The van der Waals surface area contributed by atoms with E-state index in [-0.39, 0.29) is 24.0 Å². The van der Waals surface area contributed by atoms with Crippen LogP contribution in [0.2, 0.25) is 0 Å². The summed E-state index contributed by atoms with van der Waals surface area (Å²) in [6, 6.07) is 11.2. The zero-order chi connectivity index (χ0) is 21.3. The molecule has 176 valence electrons. The summed E-state index contributed by atoms with van der Waals surface area (Å²) in [6.45, 7) is 5.22. The summed E-state index contributed by atoms with van der Waals surface area (Å²) >= 11 is 0. The van der Waals surface area contributed by atoms with Gasteiger partial charge in [0.1, 0.15) is 11.6 Å². The minimum atomic E-state index is 0. The van der Waals surface area contributed by atoms with Gasteiger partial charge in [-0.15, -0.1) is 34.2 Å². The van der Waals surface area contributed by atoms with Gasteiger partial charge in [0.2, 0.25) is 0 Å². The lowest BCUT2D eigenvalue weighted by atomic mass is 10.0. The van der Waals surface area contributed by atoms with Gasteiger partial charge in [0.15, 0.2) is 5.96 Å². The van der Waals surface area contributed by atoms with Crippen molar-refractivity contribution in [3.8, 4) is 0 Å². The molecule has 2 aliphatic rings. The molecule has 1 unspecified atom stereocenters. The molecule has 0 radical (unpaired) electrons. The Morgan fingerprint density at radius 1 is 1.09 bits per heavy atom. The summed E-state index contributed by atoms with van der Waals surface area (Å²) in [5.41, 5.74) is 1.39. The van der Waals surface area contributed by atoms with Crippen molar-refractivity contribution >= 4 is 29.9 Å². The molecule has 2 aromatic rings. The number of rotatable bonds is 7. The summed E-state index contributed by atoms with van der Waals surface area (Å²) in [4.78, 5) is 6.99. The first-order valence-electron chi connectivity index (χ1n) is 12.0. The number of guanidine groups is 1. The quantitative estimate of drug-likeness (QED) is 0.239. The zero-order valence-corrected chi connectivity index (χ0v) is 21.6. The van der Waals surface area contributed by atoms with Crippen molar-refractivity contribution in [2.75, 3.05) is 26.7 Å². The fraction of sp³-hybridized carbons (Fsp3) is 0.625. The first-order chi connectivity index (χ1) is 15.3. The highest BCUT2D eigenvalue weighted by Gasteiger charge is 2.21. The van der Waals surface area contributed by atoms with Crippen molar-refractivity contribution in [3.63, 3.8) is 0 Å². The molecule has 1 aromatic carbocycles. The lowest BCUT2D eigenvalue weighted by Crippen LogP contribution is -2.51. The first-order valence-corrected chi connectivity index (χ1v) is 12.0. The molecule has 0 amide bonds. The van der Waals surface area contributed by atoms with E-state index in [2.05, 4.69) is 65.6 Å². The molecule has 7 nitrogen and oxygen atoms in total. The molecular formula is C24H38IN7. The number of fused-ring (bicyclic) bond motifs is 1. The van der Waals surface area contributed by atoms with E-state index in [4.69, 9.17) is 0 Å². The van der Waals surface area contributed by atoms with E-state index in [1.54, 1.807) is 0 Å². The Labute approximate surface area is 209 Å². The topological polar surface area (TPSA) is 70.4 Å². The van der Waals surface area contributed by atoms with Crippen LogP contribution >= 0.6 is 24.0 Å². The van der Waals surface area contributed by atoms with Crippen LogP contribution < -0.4 is 10.6 Å². The zero-order valence-electron chi connectivity index (χ0n) is 19.3. The number of likely N-dealkylation sites (tertiary alicyclic amines) is 1. The molecule has 4 rings (SSSR count). The number of aryl methyl sites for hydroxylation is 2. The molecular weight excluding hydrogens is 513 g/mol. The number of nitrogens with zero attached hydrogens (tertiary/aromatic N) is 5.